The number of nitrogens with zero attached hydrogens (tertiary/aromatic N) is 4. The van der Waals surface area contributed by atoms with Gasteiger partial charge in [-0.05, 0) is 38.4 Å². The van der Waals surface area contributed by atoms with E-state index in [0.29, 0.717) is 40.1 Å². The third kappa shape index (κ3) is 3.71. The standard InChI is InChI=1S/C21H23ClN6O2/c1-27(2)12-14-11-24-21(29)19-18(25-16-6-4-5-15(22)20(16)30-3)17(26-28(14)19)13-7-9-23-10-8-13/h4-10,14,25H,11-12H2,1-3H3,(H,24,29)/t14-/m0/s1. The maximum atomic E-state index is 12.9. The molecular formula is C21H23ClN6O2. The molecule has 0 spiro atoms. The molecule has 2 aromatic heterocycles. The van der Waals surface area contributed by atoms with Crippen molar-refractivity contribution in [1.29, 1.82) is 0 Å². The van der Waals surface area contributed by atoms with E-state index in [9.17, 15) is 4.79 Å². The van der Waals surface area contributed by atoms with Gasteiger partial charge in [-0.25, -0.2) is 0 Å². The number of methoxy groups -OCH3 is 1. The van der Waals surface area contributed by atoms with Crippen LogP contribution in [0, 0.1) is 0 Å². The van der Waals surface area contributed by atoms with Gasteiger partial charge in [-0.1, -0.05) is 17.7 Å². The molecule has 3 heterocycles. The van der Waals surface area contributed by atoms with Crippen LogP contribution in [0.15, 0.2) is 42.7 Å². The van der Waals surface area contributed by atoms with E-state index in [4.69, 9.17) is 21.4 Å². The summed E-state index contributed by atoms with van der Waals surface area (Å²) in [6.07, 6.45) is 3.41. The van der Waals surface area contributed by atoms with Gasteiger partial charge in [0.25, 0.3) is 5.91 Å². The molecule has 1 amide bonds. The quantitative estimate of drug-likeness (QED) is 0.629. The first kappa shape index (κ1) is 20.2. The van der Waals surface area contributed by atoms with Gasteiger partial charge in [0, 0.05) is 31.0 Å². The monoisotopic (exact) mass is 426 g/mol. The van der Waals surface area contributed by atoms with E-state index in [2.05, 4.69) is 20.5 Å². The second kappa shape index (κ2) is 8.33. The fourth-order valence-electron chi connectivity index (χ4n) is 3.64. The highest BCUT2D eigenvalue weighted by Gasteiger charge is 2.33. The summed E-state index contributed by atoms with van der Waals surface area (Å²) in [5, 5.41) is 11.7. The van der Waals surface area contributed by atoms with Gasteiger partial charge in [0.2, 0.25) is 0 Å². The Morgan fingerprint density at radius 2 is 2.07 bits per heavy atom. The van der Waals surface area contributed by atoms with E-state index in [-0.39, 0.29) is 11.9 Å². The van der Waals surface area contributed by atoms with Crippen LogP contribution in [0.3, 0.4) is 0 Å². The first-order valence-electron chi connectivity index (χ1n) is 9.55. The summed E-state index contributed by atoms with van der Waals surface area (Å²) >= 11 is 6.30. The summed E-state index contributed by atoms with van der Waals surface area (Å²) in [7, 11) is 5.56. The van der Waals surface area contributed by atoms with E-state index in [1.54, 1.807) is 25.6 Å². The molecule has 3 aromatic rings. The van der Waals surface area contributed by atoms with Crippen molar-refractivity contribution in [3.05, 3.63) is 53.4 Å². The van der Waals surface area contributed by atoms with Gasteiger partial charge in [-0.15, -0.1) is 0 Å². The zero-order chi connectivity index (χ0) is 21.3. The number of hydrogen-bond donors (Lipinski definition) is 2. The molecule has 0 saturated heterocycles. The SMILES string of the molecule is COc1c(Cl)cccc1Nc1c(-c2ccncc2)nn2c1C(=O)NC[C@H]2CN(C)C. The Kier molecular flexibility index (Phi) is 5.61. The van der Waals surface area contributed by atoms with Gasteiger partial charge in [-0.2, -0.15) is 5.10 Å². The van der Waals surface area contributed by atoms with Gasteiger partial charge >= 0.3 is 0 Å². The molecule has 0 radical (unpaired) electrons. The van der Waals surface area contributed by atoms with E-state index < -0.39 is 0 Å². The minimum atomic E-state index is -0.179. The molecule has 1 aromatic carbocycles. The lowest BCUT2D eigenvalue weighted by Gasteiger charge is -2.27. The minimum Gasteiger partial charge on any atom is -0.493 e. The first-order valence-corrected chi connectivity index (χ1v) is 9.92. The highest BCUT2D eigenvalue weighted by Crippen LogP contribution is 2.40. The van der Waals surface area contributed by atoms with Gasteiger partial charge in [-0.3, -0.25) is 14.5 Å². The van der Waals surface area contributed by atoms with Crippen LogP contribution in [-0.2, 0) is 0 Å². The Morgan fingerprint density at radius 1 is 1.30 bits per heavy atom. The lowest BCUT2D eigenvalue weighted by atomic mass is 10.1. The third-order valence-electron chi connectivity index (χ3n) is 4.93. The summed E-state index contributed by atoms with van der Waals surface area (Å²) in [6.45, 7) is 1.26. The topological polar surface area (TPSA) is 84.3 Å². The Bertz CT molecular complexity index is 1070. The van der Waals surface area contributed by atoms with Crippen molar-refractivity contribution in [1.82, 2.24) is 25.0 Å². The van der Waals surface area contributed by atoms with Gasteiger partial charge < -0.3 is 20.3 Å². The minimum absolute atomic E-state index is 0.00472. The number of amides is 1. The van der Waals surface area contributed by atoms with E-state index in [1.165, 1.54) is 0 Å². The number of rotatable bonds is 6. The summed E-state index contributed by atoms with van der Waals surface area (Å²) in [4.78, 5) is 19.1. The predicted octanol–water partition coefficient (Wildman–Crippen LogP) is 3.20. The van der Waals surface area contributed by atoms with Gasteiger partial charge in [0.15, 0.2) is 11.4 Å². The number of benzene rings is 1. The Morgan fingerprint density at radius 3 is 2.77 bits per heavy atom. The number of nitrogens with one attached hydrogen (secondary N) is 2. The molecule has 156 valence electrons. The normalized spacial score (nSPS) is 15.6. The molecule has 8 nitrogen and oxygen atoms in total. The third-order valence-corrected chi connectivity index (χ3v) is 5.23. The van der Waals surface area contributed by atoms with Crippen molar-refractivity contribution in [2.24, 2.45) is 0 Å². The largest absolute Gasteiger partial charge is 0.493 e. The molecule has 0 bridgehead atoms. The number of hydrogen-bond acceptors (Lipinski definition) is 6. The second-order valence-electron chi connectivity index (χ2n) is 7.32. The molecule has 9 heteroatoms. The number of ether oxygens (including phenoxy) is 1. The summed E-state index contributed by atoms with van der Waals surface area (Å²) in [6, 6.07) is 9.17. The fourth-order valence-corrected chi connectivity index (χ4v) is 3.89. The first-order chi connectivity index (χ1) is 14.5. The number of pyridine rings is 1. The van der Waals surface area contributed by atoms with Crippen molar-refractivity contribution in [3.8, 4) is 17.0 Å². The number of anilines is 2. The number of carbonyl (C=O) groups is 1. The maximum absolute atomic E-state index is 12.9. The van der Waals surface area contributed by atoms with E-state index in [0.717, 1.165) is 12.1 Å². The average Bonchev–Trinajstić information content (AvgIpc) is 3.11. The molecule has 0 saturated carbocycles. The van der Waals surface area contributed by atoms with Crippen LogP contribution in [0.2, 0.25) is 5.02 Å². The van der Waals surface area contributed by atoms with Crippen LogP contribution >= 0.6 is 11.6 Å². The Hall–Kier alpha value is -3.10. The van der Waals surface area contributed by atoms with Crippen molar-refractivity contribution in [3.63, 3.8) is 0 Å². The molecule has 0 aliphatic carbocycles. The second-order valence-corrected chi connectivity index (χ2v) is 7.73. The highest BCUT2D eigenvalue weighted by atomic mass is 35.5. The van der Waals surface area contributed by atoms with Crippen molar-refractivity contribution < 1.29 is 9.53 Å². The molecule has 1 atom stereocenters. The van der Waals surface area contributed by atoms with E-state index >= 15 is 0 Å². The number of halogens is 1. The van der Waals surface area contributed by atoms with Crippen LogP contribution in [0.25, 0.3) is 11.3 Å². The van der Waals surface area contributed by atoms with Crippen molar-refractivity contribution in [2.75, 3.05) is 39.6 Å². The molecule has 0 fully saturated rings. The van der Waals surface area contributed by atoms with Crippen LogP contribution in [0.4, 0.5) is 11.4 Å². The Balaban J connectivity index is 1.89. The summed E-state index contributed by atoms with van der Waals surface area (Å²) < 4.78 is 7.29. The number of fused-ring (bicyclic) bond motifs is 1. The molecule has 30 heavy (non-hydrogen) atoms. The zero-order valence-corrected chi connectivity index (χ0v) is 17.8. The molecule has 1 aliphatic heterocycles. The average molecular weight is 427 g/mol. The lowest BCUT2D eigenvalue weighted by Crippen LogP contribution is -2.43. The van der Waals surface area contributed by atoms with Crippen molar-refractivity contribution >= 4 is 28.9 Å². The van der Waals surface area contributed by atoms with Crippen LogP contribution in [0.1, 0.15) is 16.5 Å². The molecule has 4 rings (SSSR count). The molecule has 0 unspecified atom stereocenters. The van der Waals surface area contributed by atoms with Crippen LogP contribution in [-0.4, -0.2) is 59.9 Å². The zero-order valence-electron chi connectivity index (χ0n) is 17.0. The van der Waals surface area contributed by atoms with E-state index in [1.807, 2.05) is 43.0 Å². The predicted molar refractivity (Wildman–Crippen MR) is 117 cm³/mol. The van der Waals surface area contributed by atoms with Crippen LogP contribution in [0.5, 0.6) is 5.75 Å². The fraction of sp³-hybridized carbons (Fsp3) is 0.286. The number of aromatic nitrogens is 3. The Labute approximate surface area is 179 Å². The van der Waals surface area contributed by atoms with Crippen molar-refractivity contribution in [2.45, 2.75) is 6.04 Å². The molecule has 1 aliphatic rings. The summed E-state index contributed by atoms with van der Waals surface area (Å²) in [5.74, 6) is 0.321. The smallest absolute Gasteiger partial charge is 0.271 e. The van der Waals surface area contributed by atoms with Gasteiger partial charge in [0.1, 0.15) is 5.69 Å². The number of carbonyl (C=O) groups excluding carboxylic acids is 1. The molecule has 2 N–H and O–H groups in total. The van der Waals surface area contributed by atoms with Gasteiger partial charge in [0.05, 0.1) is 29.5 Å². The van der Waals surface area contributed by atoms with Crippen LogP contribution < -0.4 is 15.4 Å². The number of para-hydroxylation sites is 1. The molecular weight excluding hydrogens is 404 g/mol. The number of likely N-dealkylation sites (N-methyl/N-ethyl adjacent to an activating group) is 1. The summed E-state index contributed by atoms with van der Waals surface area (Å²) in [5.41, 5.74) is 3.24. The lowest BCUT2D eigenvalue weighted by molar-refractivity contribution is 0.0903. The maximum Gasteiger partial charge on any atom is 0.271 e. The highest BCUT2D eigenvalue weighted by molar-refractivity contribution is 6.32.